The minimum Gasteiger partial charge on any atom is -0.497 e. The number of benzene rings is 1. The van der Waals surface area contributed by atoms with Gasteiger partial charge in [0, 0.05) is 5.54 Å². The second-order valence-corrected chi connectivity index (χ2v) is 4.80. The predicted octanol–water partition coefficient (Wildman–Crippen LogP) is 3.20. The van der Waals surface area contributed by atoms with Crippen molar-refractivity contribution in [3.63, 3.8) is 0 Å². The molecule has 0 bridgehead atoms. The number of hydrogen-bond donors (Lipinski definition) is 1. The molecule has 2 N–H and O–H groups in total. The molecule has 1 fully saturated rings. The third kappa shape index (κ3) is 2.38. The fourth-order valence-electron chi connectivity index (χ4n) is 2.57. The van der Waals surface area contributed by atoms with Crippen molar-refractivity contribution in [2.24, 2.45) is 5.73 Å². The van der Waals surface area contributed by atoms with Crippen LogP contribution in [0.15, 0.2) is 24.3 Å². The number of nitrogens with two attached hydrogens (primary N) is 1. The Labute approximate surface area is 97.8 Å². The van der Waals surface area contributed by atoms with Gasteiger partial charge in [-0.25, -0.2) is 0 Å². The van der Waals surface area contributed by atoms with E-state index in [2.05, 4.69) is 12.1 Å². The highest BCUT2D eigenvalue weighted by atomic mass is 16.5. The van der Waals surface area contributed by atoms with E-state index in [1.807, 2.05) is 12.1 Å². The summed E-state index contributed by atoms with van der Waals surface area (Å²) in [5.41, 5.74) is 7.68. The van der Waals surface area contributed by atoms with E-state index in [4.69, 9.17) is 10.5 Å². The zero-order valence-electron chi connectivity index (χ0n) is 10.0. The molecule has 0 aliphatic heterocycles. The normalized spacial score (nSPS) is 20.1. The summed E-state index contributed by atoms with van der Waals surface area (Å²) in [5.74, 6) is 0.904. The maximum Gasteiger partial charge on any atom is 0.118 e. The molecule has 2 heteroatoms. The summed E-state index contributed by atoms with van der Waals surface area (Å²) in [6.45, 7) is 0. The van der Waals surface area contributed by atoms with Gasteiger partial charge < -0.3 is 10.5 Å². The lowest BCUT2D eigenvalue weighted by atomic mass is 9.84. The van der Waals surface area contributed by atoms with Gasteiger partial charge in [0.1, 0.15) is 5.75 Å². The molecule has 0 atom stereocenters. The predicted molar refractivity (Wildman–Crippen MR) is 66.6 cm³/mol. The Morgan fingerprint density at radius 1 is 1.00 bits per heavy atom. The van der Waals surface area contributed by atoms with Crippen LogP contribution in [0, 0.1) is 0 Å². The fraction of sp³-hybridized carbons (Fsp3) is 0.571. The lowest BCUT2D eigenvalue weighted by Gasteiger charge is -2.28. The van der Waals surface area contributed by atoms with Crippen LogP contribution in [0.2, 0.25) is 0 Å². The van der Waals surface area contributed by atoms with Gasteiger partial charge in [-0.15, -0.1) is 0 Å². The Bertz CT molecular complexity index is 323. The van der Waals surface area contributed by atoms with Crippen molar-refractivity contribution in [3.05, 3.63) is 29.8 Å². The van der Waals surface area contributed by atoms with Crippen LogP contribution < -0.4 is 10.5 Å². The first-order chi connectivity index (χ1) is 7.74. The monoisotopic (exact) mass is 219 g/mol. The third-order valence-corrected chi connectivity index (χ3v) is 3.66. The van der Waals surface area contributed by atoms with E-state index in [1.165, 1.54) is 31.2 Å². The van der Waals surface area contributed by atoms with E-state index in [0.29, 0.717) is 0 Å². The largest absolute Gasteiger partial charge is 0.497 e. The molecule has 1 aliphatic rings. The molecule has 0 aromatic heterocycles. The topological polar surface area (TPSA) is 35.2 Å². The summed E-state index contributed by atoms with van der Waals surface area (Å²) >= 11 is 0. The van der Waals surface area contributed by atoms with Crippen molar-refractivity contribution in [3.8, 4) is 5.75 Å². The van der Waals surface area contributed by atoms with Crippen LogP contribution in [0.25, 0.3) is 0 Å². The van der Waals surface area contributed by atoms with E-state index in [-0.39, 0.29) is 5.54 Å². The Hall–Kier alpha value is -1.02. The van der Waals surface area contributed by atoms with Gasteiger partial charge in [-0.05, 0) is 30.5 Å². The fourth-order valence-corrected chi connectivity index (χ4v) is 2.57. The van der Waals surface area contributed by atoms with E-state index >= 15 is 0 Å². The molecule has 1 saturated carbocycles. The molecular weight excluding hydrogens is 198 g/mol. The van der Waals surface area contributed by atoms with Crippen LogP contribution >= 0.6 is 0 Å². The third-order valence-electron chi connectivity index (χ3n) is 3.66. The molecular formula is C14H21NO. The van der Waals surface area contributed by atoms with Gasteiger partial charge in [0.2, 0.25) is 0 Å². The molecule has 0 unspecified atom stereocenters. The zero-order chi connectivity index (χ0) is 11.4. The minimum atomic E-state index is -0.108. The maximum absolute atomic E-state index is 6.53. The average Bonchev–Trinajstić information content (AvgIpc) is 2.55. The smallest absolute Gasteiger partial charge is 0.118 e. The lowest BCUT2D eigenvalue weighted by Crippen LogP contribution is -2.35. The summed E-state index contributed by atoms with van der Waals surface area (Å²) in [4.78, 5) is 0. The van der Waals surface area contributed by atoms with Crippen molar-refractivity contribution in [2.75, 3.05) is 7.11 Å². The van der Waals surface area contributed by atoms with Gasteiger partial charge in [0.05, 0.1) is 7.11 Å². The van der Waals surface area contributed by atoms with Gasteiger partial charge in [-0.2, -0.15) is 0 Å². The molecule has 88 valence electrons. The van der Waals surface area contributed by atoms with Crippen molar-refractivity contribution < 1.29 is 4.74 Å². The second-order valence-electron chi connectivity index (χ2n) is 4.80. The molecule has 1 aliphatic carbocycles. The summed E-state index contributed by atoms with van der Waals surface area (Å²) in [5, 5.41) is 0. The van der Waals surface area contributed by atoms with Crippen molar-refractivity contribution in [1.82, 2.24) is 0 Å². The lowest BCUT2D eigenvalue weighted by molar-refractivity contribution is 0.383. The van der Waals surface area contributed by atoms with Gasteiger partial charge in [-0.3, -0.25) is 0 Å². The molecule has 16 heavy (non-hydrogen) atoms. The number of rotatable bonds is 2. The molecule has 0 amide bonds. The molecule has 0 radical (unpaired) electrons. The highest BCUT2D eigenvalue weighted by Gasteiger charge is 2.27. The SMILES string of the molecule is COc1ccc(C2(N)CCCCCC2)cc1. The van der Waals surface area contributed by atoms with Gasteiger partial charge in [0.15, 0.2) is 0 Å². The number of hydrogen-bond acceptors (Lipinski definition) is 2. The molecule has 1 aromatic rings. The van der Waals surface area contributed by atoms with Gasteiger partial charge >= 0.3 is 0 Å². The van der Waals surface area contributed by atoms with Crippen LogP contribution in [0.5, 0.6) is 5.75 Å². The Morgan fingerprint density at radius 3 is 2.06 bits per heavy atom. The van der Waals surface area contributed by atoms with Crippen LogP contribution in [0.1, 0.15) is 44.1 Å². The van der Waals surface area contributed by atoms with Crippen molar-refractivity contribution in [1.29, 1.82) is 0 Å². The van der Waals surface area contributed by atoms with Crippen molar-refractivity contribution in [2.45, 2.75) is 44.1 Å². The average molecular weight is 219 g/mol. The highest BCUT2D eigenvalue weighted by molar-refractivity contribution is 5.31. The molecule has 0 heterocycles. The first kappa shape index (κ1) is 11.5. The summed E-state index contributed by atoms with van der Waals surface area (Å²) in [6.07, 6.45) is 7.38. The second kappa shape index (κ2) is 4.88. The van der Waals surface area contributed by atoms with E-state index in [1.54, 1.807) is 7.11 Å². The number of methoxy groups -OCH3 is 1. The summed E-state index contributed by atoms with van der Waals surface area (Å²) < 4.78 is 5.17. The summed E-state index contributed by atoms with van der Waals surface area (Å²) in [7, 11) is 1.69. The molecule has 2 nitrogen and oxygen atoms in total. The molecule has 0 spiro atoms. The Balaban J connectivity index is 2.19. The quantitative estimate of drug-likeness (QED) is 0.775. The van der Waals surface area contributed by atoms with Crippen molar-refractivity contribution >= 4 is 0 Å². The minimum absolute atomic E-state index is 0.108. The maximum atomic E-state index is 6.53. The first-order valence-corrected chi connectivity index (χ1v) is 6.18. The molecule has 1 aromatic carbocycles. The molecule has 0 saturated heterocycles. The Morgan fingerprint density at radius 2 is 1.56 bits per heavy atom. The van der Waals surface area contributed by atoms with E-state index in [9.17, 15) is 0 Å². The van der Waals surface area contributed by atoms with E-state index < -0.39 is 0 Å². The van der Waals surface area contributed by atoms with Crippen LogP contribution in [0.4, 0.5) is 0 Å². The standard InChI is InChI=1S/C14H21NO/c1-16-13-8-6-12(7-9-13)14(15)10-4-2-3-5-11-14/h6-9H,2-5,10-11,15H2,1H3. The van der Waals surface area contributed by atoms with Crippen LogP contribution in [0.3, 0.4) is 0 Å². The summed E-state index contributed by atoms with van der Waals surface area (Å²) in [6, 6.07) is 8.25. The van der Waals surface area contributed by atoms with E-state index in [0.717, 1.165) is 18.6 Å². The zero-order valence-corrected chi connectivity index (χ0v) is 10.0. The number of ether oxygens (including phenoxy) is 1. The highest BCUT2D eigenvalue weighted by Crippen LogP contribution is 2.34. The first-order valence-electron chi connectivity index (χ1n) is 6.18. The Kier molecular flexibility index (Phi) is 3.49. The van der Waals surface area contributed by atoms with Gasteiger partial charge in [0.25, 0.3) is 0 Å². The molecule has 2 rings (SSSR count). The van der Waals surface area contributed by atoms with Crippen LogP contribution in [-0.4, -0.2) is 7.11 Å². The van der Waals surface area contributed by atoms with Crippen LogP contribution in [-0.2, 0) is 5.54 Å². The van der Waals surface area contributed by atoms with Gasteiger partial charge in [-0.1, -0.05) is 37.8 Å².